The molecular formula is C21H23FN4. The van der Waals surface area contributed by atoms with E-state index in [-0.39, 0.29) is 11.9 Å². The molecule has 2 N–H and O–H groups in total. The number of hydrogen-bond acceptors (Lipinski definition) is 4. The third-order valence-corrected chi connectivity index (χ3v) is 4.15. The predicted octanol–water partition coefficient (Wildman–Crippen LogP) is 5.11. The van der Waals surface area contributed by atoms with Crippen molar-refractivity contribution in [3.05, 3.63) is 72.0 Å². The molecule has 3 aromatic rings. The molecule has 0 aliphatic carbocycles. The summed E-state index contributed by atoms with van der Waals surface area (Å²) < 4.78 is 13.4. The second-order valence-electron chi connectivity index (χ2n) is 6.27. The standard InChI is InChI=1S/C21H23FN4/c1-3-15(2)24-21-25-19(17-9-5-4-6-10-17)13-20(26-21)23-14-16-8-7-11-18(22)12-16/h4-13,15H,3,14H2,1-2H3,(H2,23,24,25,26)/t15-/m1/s1. The van der Waals surface area contributed by atoms with Gasteiger partial charge in [0.15, 0.2) is 0 Å². The van der Waals surface area contributed by atoms with Gasteiger partial charge in [0.2, 0.25) is 5.95 Å². The van der Waals surface area contributed by atoms with Crippen LogP contribution in [0.1, 0.15) is 25.8 Å². The molecule has 1 aromatic heterocycles. The fraction of sp³-hybridized carbons (Fsp3) is 0.238. The number of rotatable bonds is 7. The van der Waals surface area contributed by atoms with Gasteiger partial charge in [0, 0.05) is 24.2 Å². The Hall–Kier alpha value is -2.95. The van der Waals surface area contributed by atoms with E-state index in [2.05, 4.69) is 34.4 Å². The molecule has 3 rings (SSSR count). The first-order valence-corrected chi connectivity index (χ1v) is 8.83. The third-order valence-electron chi connectivity index (χ3n) is 4.15. The molecule has 4 nitrogen and oxygen atoms in total. The number of nitrogens with zero attached hydrogens (tertiary/aromatic N) is 2. The highest BCUT2D eigenvalue weighted by Crippen LogP contribution is 2.22. The average Bonchev–Trinajstić information content (AvgIpc) is 2.67. The smallest absolute Gasteiger partial charge is 0.225 e. The van der Waals surface area contributed by atoms with Gasteiger partial charge < -0.3 is 10.6 Å². The van der Waals surface area contributed by atoms with Gasteiger partial charge in [0.1, 0.15) is 11.6 Å². The fourth-order valence-electron chi connectivity index (χ4n) is 2.52. The Morgan fingerprint density at radius 2 is 1.81 bits per heavy atom. The molecule has 0 aliphatic heterocycles. The summed E-state index contributed by atoms with van der Waals surface area (Å²) in [5.41, 5.74) is 2.73. The highest BCUT2D eigenvalue weighted by Gasteiger charge is 2.09. The predicted molar refractivity (Wildman–Crippen MR) is 105 cm³/mol. The molecule has 0 bridgehead atoms. The number of anilines is 2. The Bertz CT molecular complexity index is 852. The number of halogens is 1. The summed E-state index contributed by atoms with van der Waals surface area (Å²) in [6, 6.07) is 18.7. The normalized spacial score (nSPS) is 11.8. The van der Waals surface area contributed by atoms with Gasteiger partial charge in [-0.1, -0.05) is 49.4 Å². The number of nitrogens with one attached hydrogen (secondary N) is 2. The minimum Gasteiger partial charge on any atom is -0.366 e. The SMILES string of the molecule is CC[C@@H](C)Nc1nc(NCc2cccc(F)c2)cc(-c2ccccc2)n1. The van der Waals surface area contributed by atoms with E-state index < -0.39 is 0 Å². The van der Waals surface area contributed by atoms with E-state index >= 15 is 0 Å². The van der Waals surface area contributed by atoms with E-state index in [1.165, 1.54) is 12.1 Å². The molecule has 5 heteroatoms. The summed E-state index contributed by atoms with van der Waals surface area (Å²) in [5, 5.41) is 6.60. The molecule has 134 valence electrons. The molecule has 0 saturated heterocycles. The van der Waals surface area contributed by atoms with E-state index in [9.17, 15) is 4.39 Å². The van der Waals surface area contributed by atoms with Crippen LogP contribution in [-0.4, -0.2) is 16.0 Å². The van der Waals surface area contributed by atoms with Crippen LogP contribution in [0.5, 0.6) is 0 Å². The number of hydrogen-bond donors (Lipinski definition) is 2. The van der Waals surface area contributed by atoms with Crippen LogP contribution in [0.4, 0.5) is 16.2 Å². The lowest BCUT2D eigenvalue weighted by Gasteiger charge is -2.14. The summed E-state index contributed by atoms with van der Waals surface area (Å²) in [6.07, 6.45) is 0.977. The first-order chi connectivity index (χ1) is 12.6. The second kappa shape index (κ2) is 8.43. The Kier molecular flexibility index (Phi) is 5.79. The number of benzene rings is 2. The lowest BCUT2D eigenvalue weighted by molar-refractivity contribution is 0.626. The summed E-state index contributed by atoms with van der Waals surface area (Å²) in [6.45, 7) is 4.70. The Morgan fingerprint density at radius 1 is 1.00 bits per heavy atom. The van der Waals surface area contributed by atoms with Gasteiger partial charge in [-0.05, 0) is 31.0 Å². The highest BCUT2D eigenvalue weighted by molar-refractivity contribution is 5.64. The molecule has 0 unspecified atom stereocenters. The van der Waals surface area contributed by atoms with Crippen molar-refractivity contribution in [3.8, 4) is 11.3 Å². The molecule has 0 saturated carbocycles. The molecule has 0 radical (unpaired) electrons. The van der Waals surface area contributed by atoms with Gasteiger partial charge in [-0.25, -0.2) is 9.37 Å². The molecular weight excluding hydrogens is 327 g/mol. The van der Waals surface area contributed by atoms with Crippen molar-refractivity contribution in [1.29, 1.82) is 0 Å². The zero-order valence-electron chi connectivity index (χ0n) is 15.0. The maximum Gasteiger partial charge on any atom is 0.225 e. The van der Waals surface area contributed by atoms with Crippen LogP contribution in [0.3, 0.4) is 0 Å². The minimum absolute atomic E-state index is 0.240. The van der Waals surface area contributed by atoms with Gasteiger partial charge in [0.25, 0.3) is 0 Å². The number of aromatic nitrogens is 2. The van der Waals surface area contributed by atoms with Crippen molar-refractivity contribution in [2.45, 2.75) is 32.9 Å². The molecule has 2 aromatic carbocycles. The lowest BCUT2D eigenvalue weighted by Crippen LogP contribution is -2.16. The molecule has 0 spiro atoms. The van der Waals surface area contributed by atoms with Crippen molar-refractivity contribution in [3.63, 3.8) is 0 Å². The highest BCUT2D eigenvalue weighted by atomic mass is 19.1. The van der Waals surface area contributed by atoms with Crippen molar-refractivity contribution in [1.82, 2.24) is 9.97 Å². The van der Waals surface area contributed by atoms with Crippen LogP contribution >= 0.6 is 0 Å². The fourth-order valence-corrected chi connectivity index (χ4v) is 2.52. The maximum absolute atomic E-state index is 13.4. The van der Waals surface area contributed by atoms with Crippen LogP contribution in [0.15, 0.2) is 60.7 Å². The summed E-state index contributed by atoms with van der Waals surface area (Å²) in [4.78, 5) is 9.20. The molecule has 0 fully saturated rings. The van der Waals surface area contributed by atoms with Crippen LogP contribution in [-0.2, 0) is 6.54 Å². The van der Waals surface area contributed by atoms with Gasteiger partial charge in [-0.15, -0.1) is 0 Å². The van der Waals surface area contributed by atoms with Crippen LogP contribution in [0.2, 0.25) is 0 Å². The third kappa shape index (κ3) is 4.79. The van der Waals surface area contributed by atoms with E-state index in [1.54, 1.807) is 6.07 Å². The van der Waals surface area contributed by atoms with Crippen LogP contribution in [0, 0.1) is 5.82 Å². The average molecular weight is 350 g/mol. The van der Waals surface area contributed by atoms with Gasteiger partial charge in [-0.2, -0.15) is 4.98 Å². The monoisotopic (exact) mass is 350 g/mol. The Balaban J connectivity index is 1.86. The first-order valence-electron chi connectivity index (χ1n) is 8.83. The topological polar surface area (TPSA) is 49.8 Å². The summed E-state index contributed by atoms with van der Waals surface area (Å²) in [7, 11) is 0. The van der Waals surface area contributed by atoms with Crippen LogP contribution in [0.25, 0.3) is 11.3 Å². The van der Waals surface area contributed by atoms with E-state index in [1.807, 2.05) is 42.5 Å². The van der Waals surface area contributed by atoms with Gasteiger partial charge in [-0.3, -0.25) is 0 Å². The molecule has 1 atom stereocenters. The molecule has 26 heavy (non-hydrogen) atoms. The van der Waals surface area contributed by atoms with Gasteiger partial charge >= 0.3 is 0 Å². The summed E-state index contributed by atoms with van der Waals surface area (Å²) >= 11 is 0. The zero-order chi connectivity index (χ0) is 18.4. The molecule has 1 heterocycles. The van der Waals surface area contributed by atoms with E-state index in [0.717, 1.165) is 23.2 Å². The maximum atomic E-state index is 13.4. The van der Waals surface area contributed by atoms with Gasteiger partial charge in [0.05, 0.1) is 5.69 Å². The molecule has 0 amide bonds. The zero-order valence-corrected chi connectivity index (χ0v) is 15.0. The summed E-state index contributed by atoms with van der Waals surface area (Å²) in [5.74, 6) is 1.05. The van der Waals surface area contributed by atoms with Crippen molar-refractivity contribution < 1.29 is 4.39 Å². The molecule has 0 aliphatic rings. The largest absolute Gasteiger partial charge is 0.366 e. The van der Waals surface area contributed by atoms with E-state index in [0.29, 0.717) is 18.3 Å². The lowest BCUT2D eigenvalue weighted by atomic mass is 10.1. The Labute approximate surface area is 153 Å². The van der Waals surface area contributed by atoms with Crippen LogP contribution < -0.4 is 10.6 Å². The second-order valence-corrected chi connectivity index (χ2v) is 6.27. The minimum atomic E-state index is -0.240. The first kappa shape index (κ1) is 17.9. The van der Waals surface area contributed by atoms with E-state index in [4.69, 9.17) is 0 Å². The quantitative estimate of drug-likeness (QED) is 0.622. The van der Waals surface area contributed by atoms with Crippen molar-refractivity contribution >= 4 is 11.8 Å². The van der Waals surface area contributed by atoms with Crippen molar-refractivity contribution in [2.24, 2.45) is 0 Å². The Morgan fingerprint density at radius 3 is 2.54 bits per heavy atom. The van der Waals surface area contributed by atoms with Crippen molar-refractivity contribution in [2.75, 3.05) is 10.6 Å².